The molecular formula is C13H16FN3. The van der Waals surface area contributed by atoms with Crippen LogP contribution in [0.3, 0.4) is 0 Å². The molecular weight excluding hydrogens is 217 g/mol. The number of aryl methyl sites for hydroxylation is 1. The molecule has 1 heterocycles. The summed E-state index contributed by atoms with van der Waals surface area (Å²) in [6.07, 6.45) is 1.83. The molecule has 1 aromatic heterocycles. The van der Waals surface area contributed by atoms with E-state index in [-0.39, 0.29) is 17.9 Å². The molecule has 2 rings (SSSR count). The summed E-state index contributed by atoms with van der Waals surface area (Å²) >= 11 is 0. The Labute approximate surface area is 100 Å². The molecule has 2 unspecified atom stereocenters. The van der Waals surface area contributed by atoms with Crippen molar-refractivity contribution in [3.05, 3.63) is 53.6 Å². The first-order valence-electron chi connectivity index (χ1n) is 5.61. The van der Waals surface area contributed by atoms with Crippen LogP contribution in [0.5, 0.6) is 0 Å². The van der Waals surface area contributed by atoms with Crippen LogP contribution in [-0.4, -0.2) is 15.8 Å². The third-order valence-corrected chi connectivity index (χ3v) is 2.75. The fourth-order valence-electron chi connectivity index (χ4n) is 1.97. The summed E-state index contributed by atoms with van der Waals surface area (Å²) in [5, 5.41) is 4.32. The second-order valence-corrected chi connectivity index (χ2v) is 4.26. The maximum absolute atomic E-state index is 13.8. The molecule has 90 valence electrons. The van der Waals surface area contributed by atoms with Crippen LogP contribution in [0, 0.1) is 12.7 Å². The molecule has 0 fully saturated rings. The number of benzene rings is 1. The van der Waals surface area contributed by atoms with Gasteiger partial charge in [0, 0.05) is 17.8 Å². The van der Waals surface area contributed by atoms with Crippen molar-refractivity contribution in [2.45, 2.75) is 25.9 Å². The van der Waals surface area contributed by atoms with Gasteiger partial charge < -0.3 is 5.73 Å². The predicted molar refractivity (Wildman–Crippen MR) is 65.2 cm³/mol. The lowest BCUT2D eigenvalue weighted by Gasteiger charge is -2.22. The standard InChI is InChI=1S/C13H16FN3/c1-9-7-8-17(16-9)13(10(2)15)11-5-3-4-6-12(11)14/h3-8,10,13H,15H2,1-2H3. The van der Waals surface area contributed by atoms with Crippen LogP contribution >= 0.6 is 0 Å². The van der Waals surface area contributed by atoms with Crippen molar-refractivity contribution >= 4 is 0 Å². The molecule has 0 amide bonds. The smallest absolute Gasteiger partial charge is 0.128 e. The summed E-state index contributed by atoms with van der Waals surface area (Å²) in [6.45, 7) is 3.75. The minimum atomic E-state index is -0.273. The summed E-state index contributed by atoms with van der Waals surface area (Å²) < 4.78 is 15.5. The topological polar surface area (TPSA) is 43.8 Å². The molecule has 0 spiro atoms. The first-order chi connectivity index (χ1) is 8.09. The molecule has 0 saturated carbocycles. The van der Waals surface area contributed by atoms with Crippen molar-refractivity contribution in [2.75, 3.05) is 0 Å². The molecule has 0 radical (unpaired) electrons. The van der Waals surface area contributed by atoms with Gasteiger partial charge in [-0.25, -0.2) is 4.39 Å². The molecule has 0 aliphatic heterocycles. The number of halogens is 1. The van der Waals surface area contributed by atoms with Crippen molar-refractivity contribution in [2.24, 2.45) is 5.73 Å². The minimum Gasteiger partial charge on any atom is -0.326 e. The number of nitrogens with two attached hydrogens (primary N) is 1. The minimum absolute atomic E-state index is 0.216. The van der Waals surface area contributed by atoms with E-state index >= 15 is 0 Å². The molecule has 0 bridgehead atoms. The van der Waals surface area contributed by atoms with Gasteiger partial charge in [0.1, 0.15) is 5.82 Å². The van der Waals surface area contributed by atoms with Crippen molar-refractivity contribution in [1.29, 1.82) is 0 Å². The van der Waals surface area contributed by atoms with Gasteiger partial charge in [0.25, 0.3) is 0 Å². The highest BCUT2D eigenvalue weighted by Crippen LogP contribution is 2.23. The summed E-state index contributed by atoms with van der Waals surface area (Å²) in [6, 6.07) is 8.07. The third kappa shape index (κ3) is 2.36. The number of nitrogens with zero attached hydrogens (tertiary/aromatic N) is 2. The Morgan fingerprint density at radius 2 is 2.00 bits per heavy atom. The Bertz CT molecular complexity index is 505. The lowest BCUT2D eigenvalue weighted by Crippen LogP contribution is -2.31. The molecule has 17 heavy (non-hydrogen) atoms. The van der Waals surface area contributed by atoms with Gasteiger partial charge in [0.15, 0.2) is 0 Å². The molecule has 1 aromatic carbocycles. The molecule has 3 nitrogen and oxygen atoms in total. The molecule has 4 heteroatoms. The maximum Gasteiger partial charge on any atom is 0.128 e. The first kappa shape index (κ1) is 11.8. The van der Waals surface area contributed by atoms with Crippen LogP contribution in [0.1, 0.15) is 24.2 Å². The van der Waals surface area contributed by atoms with E-state index in [1.54, 1.807) is 16.8 Å². The van der Waals surface area contributed by atoms with E-state index in [1.807, 2.05) is 32.2 Å². The lowest BCUT2D eigenvalue weighted by molar-refractivity contribution is 0.433. The number of hydrogen-bond acceptors (Lipinski definition) is 2. The molecule has 2 atom stereocenters. The zero-order valence-corrected chi connectivity index (χ0v) is 9.97. The van der Waals surface area contributed by atoms with E-state index in [9.17, 15) is 4.39 Å². The number of aromatic nitrogens is 2. The molecule has 0 aliphatic rings. The Balaban J connectivity index is 2.47. The zero-order chi connectivity index (χ0) is 12.4. The van der Waals surface area contributed by atoms with E-state index in [2.05, 4.69) is 5.10 Å². The summed E-state index contributed by atoms with van der Waals surface area (Å²) in [5.74, 6) is -0.247. The van der Waals surface area contributed by atoms with E-state index < -0.39 is 0 Å². The van der Waals surface area contributed by atoms with Crippen molar-refractivity contribution < 1.29 is 4.39 Å². The second kappa shape index (κ2) is 4.67. The number of rotatable bonds is 3. The van der Waals surface area contributed by atoms with Crippen LogP contribution in [0.15, 0.2) is 36.5 Å². The lowest BCUT2D eigenvalue weighted by atomic mass is 10.0. The van der Waals surface area contributed by atoms with Gasteiger partial charge in [-0.2, -0.15) is 5.10 Å². The van der Waals surface area contributed by atoms with Gasteiger partial charge in [-0.3, -0.25) is 4.68 Å². The second-order valence-electron chi connectivity index (χ2n) is 4.26. The normalized spacial score (nSPS) is 14.6. The van der Waals surface area contributed by atoms with Gasteiger partial charge in [0.05, 0.1) is 11.7 Å². The monoisotopic (exact) mass is 233 g/mol. The number of hydrogen-bond donors (Lipinski definition) is 1. The first-order valence-corrected chi connectivity index (χ1v) is 5.61. The summed E-state index contributed by atoms with van der Waals surface area (Å²) in [4.78, 5) is 0. The van der Waals surface area contributed by atoms with E-state index in [1.165, 1.54) is 6.07 Å². The summed E-state index contributed by atoms with van der Waals surface area (Å²) in [5.41, 5.74) is 7.42. The highest BCUT2D eigenvalue weighted by molar-refractivity contribution is 5.23. The van der Waals surface area contributed by atoms with Crippen LogP contribution < -0.4 is 5.73 Å². The molecule has 2 aromatic rings. The van der Waals surface area contributed by atoms with Crippen molar-refractivity contribution in [1.82, 2.24) is 9.78 Å². The fourth-order valence-corrected chi connectivity index (χ4v) is 1.97. The largest absolute Gasteiger partial charge is 0.326 e. The fraction of sp³-hybridized carbons (Fsp3) is 0.308. The van der Waals surface area contributed by atoms with Gasteiger partial charge in [-0.1, -0.05) is 18.2 Å². The highest BCUT2D eigenvalue weighted by atomic mass is 19.1. The van der Waals surface area contributed by atoms with Crippen LogP contribution in [0.2, 0.25) is 0 Å². The van der Waals surface area contributed by atoms with Crippen LogP contribution in [0.4, 0.5) is 4.39 Å². The van der Waals surface area contributed by atoms with Crippen LogP contribution in [-0.2, 0) is 0 Å². The van der Waals surface area contributed by atoms with E-state index in [0.717, 1.165) is 5.69 Å². The molecule has 0 aliphatic carbocycles. The van der Waals surface area contributed by atoms with E-state index in [0.29, 0.717) is 5.56 Å². The van der Waals surface area contributed by atoms with Gasteiger partial charge in [-0.15, -0.1) is 0 Å². The Morgan fingerprint density at radius 3 is 2.53 bits per heavy atom. The third-order valence-electron chi connectivity index (χ3n) is 2.75. The quantitative estimate of drug-likeness (QED) is 0.883. The molecule has 2 N–H and O–H groups in total. The Morgan fingerprint density at radius 1 is 1.29 bits per heavy atom. The van der Waals surface area contributed by atoms with E-state index in [4.69, 9.17) is 5.73 Å². The van der Waals surface area contributed by atoms with Gasteiger partial charge in [-0.05, 0) is 26.0 Å². The maximum atomic E-state index is 13.8. The van der Waals surface area contributed by atoms with Crippen LogP contribution in [0.25, 0.3) is 0 Å². The van der Waals surface area contributed by atoms with Gasteiger partial charge >= 0.3 is 0 Å². The van der Waals surface area contributed by atoms with Crippen molar-refractivity contribution in [3.63, 3.8) is 0 Å². The molecule has 0 saturated heterocycles. The summed E-state index contributed by atoms with van der Waals surface area (Å²) in [7, 11) is 0. The zero-order valence-electron chi connectivity index (χ0n) is 9.97. The average Bonchev–Trinajstić information content (AvgIpc) is 2.68. The van der Waals surface area contributed by atoms with Gasteiger partial charge in [0.2, 0.25) is 0 Å². The Kier molecular flexibility index (Phi) is 3.24. The Hall–Kier alpha value is -1.68. The highest BCUT2D eigenvalue weighted by Gasteiger charge is 2.21. The SMILES string of the molecule is Cc1ccn(C(c2ccccc2F)C(C)N)n1. The predicted octanol–water partition coefficient (Wildman–Crippen LogP) is 2.27. The average molecular weight is 233 g/mol. The van der Waals surface area contributed by atoms with Crippen molar-refractivity contribution in [3.8, 4) is 0 Å².